The fraction of sp³-hybridized carbons (Fsp3) is 0.500. The third kappa shape index (κ3) is 5.49. The smallest absolute Gasteiger partial charge is 0.280 e. The zero-order chi connectivity index (χ0) is 30.6. The van der Waals surface area contributed by atoms with Crippen molar-refractivity contribution >= 4 is 39.0 Å². The lowest BCUT2D eigenvalue weighted by molar-refractivity contribution is 0.0141. The van der Waals surface area contributed by atoms with E-state index in [2.05, 4.69) is 55.0 Å². The Morgan fingerprint density at radius 2 is 1.93 bits per heavy atom. The number of nitrogens with zero attached hydrogens (tertiary/aromatic N) is 6. The number of ether oxygens (including phenoxy) is 1. The number of benzene rings is 1. The topological polar surface area (TPSA) is 117 Å². The van der Waals surface area contributed by atoms with E-state index < -0.39 is 10.1 Å². The molecule has 0 radical (unpaired) electrons. The molecule has 234 valence electrons. The Bertz CT molecular complexity index is 1680. The van der Waals surface area contributed by atoms with E-state index in [4.69, 9.17) is 4.74 Å². The summed E-state index contributed by atoms with van der Waals surface area (Å²) in [4.78, 5) is 27.4. The number of anilines is 3. The van der Waals surface area contributed by atoms with Crippen molar-refractivity contribution in [3.05, 3.63) is 47.8 Å². The van der Waals surface area contributed by atoms with E-state index in [1.165, 1.54) is 0 Å². The molecular weight excluding hydrogens is 576 g/mol. The number of carbonyl (C=O) groups is 1. The molecule has 11 nitrogen and oxygen atoms in total. The summed E-state index contributed by atoms with van der Waals surface area (Å²) >= 11 is 0. The monoisotopic (exact) mass is 618 g/mol. The molecule has 12 heteroatoms. The molecule has 2 fully saturated rings. The minimum absolute atomic E-state index is 0.290. The molecule has 2 aromatic heterocycles. The SMILES string of the molecule is Cc1cc2cc(n1)-c1cnn(C)c1OCCCC(C)CN1/C(=N/C2=O)Nc2ccc(N[SH]3(=O)CCC4(CC3)CN(C)C4)cc21. The molecule has 2 saturated heterocycles. The number of hydrogen-bond donors (Lipinski definition) is 3. The fourth-order valence-corrected chi connectivity index (χ4v) is 9.94. The van der Waals surface area contributed by atoms with Crippen molar-refractivity contribution in [2.45, 2.75) is 39.5 Å². The summed E-state index contributed by atoms with van der Waals surface area (Å²) in [5, 5.41) is 7.78. The highest BCUT2D eigenvalue weighted by Gasteiger charge is 2.45. The summed E-state index contributed by atoms with van der Waals surface area (Å²) in [6, 6.07) is 9.54. The van der Waals surface area contributed by atoms with E-state index in [-0.39, 0.29) is 11.8 Å². The van der Waals surface area contributed by atoms with Crippen molar-refractivity contribution in [3.8, 4) is 17.1 Å². The van der Waals surface area contributed by atoms with E-state index >= 15 is 0 Å². The van der Waals surface area contributed by atoms with Crippen molar-refractivity contribution in [1.82, 2.24) is 19.7 Å². The van der Waals surface area contributed by atoms with Crippen molar-refractivity contribution < 1.29 is 13.7 Å². The number of rotatable bonds is 2. The Morgan fingerprint density at radius 1 is 1.14 bits per heavy atom. The average Bonchev–Trinajstić information content (AvgIpc) is 3.50. The quantitative estimate of drug-likeness (QED) is 0.368. The van der Waals surface area contributed by atoms with Gasteiger partial charge in [0.05, 0.1) is 35.4 Å². The molecule has 6 heterocycles. The molecule has 4 aliphatic rings. The van der Waals surface area contributed by atoms with Gasteiger partial charge in [-0.2, -0.15) is 10.1 Å². The molecule has 0 saturated carbocycles. The highest BCUT2D eigenvalue weighted by molar-refractivity contribution is 8.04. The van der Waals surface area contributed by atoms with Crippen LogP contribution in [0.25, 0.3) is 11.3 Å². The second-order valence-corrected chi connectivity index (χ2v) is 16.2. The van der Waals surface area contributed by atoms with Crippen molar-refractivity contribution in [1.29, 1.82) is 0 Å². The number of aromatic nitrogens is 3. The lowest BCUT2D eigenvalue weighted by Gasteiger charge is -2.53. The average molecular weight is 619 g/mol. The molecular formula is C32H42N8O3S. The van der Waals surface area contributed by atoms with Crippen LogP contribution in [-0.4, -0.2) is 80.5 Å². The zero-order valence-corrected chi connectivity index (χ0v) is 26.9. The van der Waals surface area contributed by atoms with Gasteiger partial charge in [-0.05, 0) is 91.4 Å². The fourth-order valence-electron chi connectivity index (χ4n) is 7.21. The highest BCUT2D eigenvalue weighted by atomic mass is 32.3. The molecule has 0 aliphatic carbocycles. The van der Waals surface area contributed by atoms with Gasteiger partial charge in [0.25, 0.3) is 5.91 Å². The van der Waals surface area contributed by atoms with Crippen molar-refractivity contribution in [2.24, 2.45) is 23.4 Å². The van der Waals surface area contributed by atoms with Crippen molar-refractivity contribution in [2.75, 3.05) is 59.7 Å². The molecule has 2 N–H and O–H groups in total. The summed E-state index contributed by atoms with van der Waals surface area (Å²) in [5.41, 5.74) is 5.55. The van der Waals surface area contributed by atoms with Crippen molar-refractivity contribution in [3.63, 3.8) is 0 Å². The van der Waals surface area contributed by atoms with Gasteiger partial charge in [0.1, 0.15) is 0 Å². The first-order valence-corrected chi connectivity index (χ1v) is 17.7. The number of nitrogens with one attached hydrogen (secondary N) is 2. The molecule has 1 aromatic carbocycles. The van der Waals surface area contributed by atoms with Gasteiger partial charge in [-0.3, -0.25) is 14.0 Å². The second-order valence-electron chi connectivity index (χ2n) is 13.3. The van der Waals surface area contributed by atoms with Crippen LogP contribution in [0.5, 0.6) is 5.88 Å². The molecule has 2 bridgehead atoms. The standard InChI is InChI=1S/C32H42N8O3S/c1-21-6-5-11-43-30-25(17-33-39(30)4)27-15-23(14-22(2)34-27)29(41)36-31-35-26-8-7-24(16-28(26)40(31)18-21)37-44(42)12-9-32(10-13-44)19-38(3)20-32/h7-8,14-17,21,44H,5-6,9-13,18-20H2,1-4H3,(H,37,42)(H,35,36,41). The number of pyridine rings is 1. The Morgan fingerprint density at radius 3 is 2.70 bits per heavy atom. The van der Waals surface area contributed by atoms with Crippen LogP contribution in [0.2, 0.25) is 0 Å². The molecule has 1 amide bonds. The van der Waals surface area contributed by atoms with Crippen LogP contribution in [-0.2, 0) is 17.2 Å². The number of carbonyl (C=O) groups excluding carboxylic acids is 1. The Kier molecular flexibility index (Phi) is 7.24. The summed E-state index contributed by atoms with van der Waals surface area (Å²) in [6.07, 6.45) is 5.54. The predicted molar refractivity (Wildman–Crippen MR) is 176 cm³/mol. The van der Waals surface area contributed by atoms with Crippen LogP contribution in [0.4, 0.5) is 17.1 Å². The molecule has 1 spiro atoms. The third-order valence-electron chi connectivity index (χ3n) is 9.48. The van der Waals surface area contributed by atoms with Gasteiger partial charge >= 0.3 is 0 Å². The lowest BCUT2D eigenvalue weighted by atomic mass is 9.75. The van der Waals surface area contributed by atoms with Crippen LogP contribution in [0.1, 0.15) is 48.7 Å². The first kappa shape index (κ1) is 29.0. The molecule has 3 aromatic rings. The van der Waals surface area contributed by atoms with Gasteiger partial charge in [0, 0.05) is 55.1 Å². The van der Waals surface area contributed by atoms with Gasteiger partial charge < -0.3 is 24.6 Å². The first-order valence-electron chi connectivity index (χ1n) is 15.6. The molecule has 1 atom stereocenters. The van der Waals surface area contributed by atoms with Crippen LogP contribution in [0, 0.1) is 18.3 Å². The number of amides is 1. The summed E-state index contributed by atoms with van der Waals surface area (Å²) < 4.78 is 25.2. The molecule has 4 aliphatic heterocycles. The Balaban J connectivity index is 1.18. The van der Waals surface area contributed by atoms with Crippen LogP contribution in [0.15, 0.2) is 41.5 Å². The Labute approximate surface area is 259 Å². The number of guanidine groups is 1. The van der Waals surface area contributed by atoms with Gasteiger partial charge in [-0.25, -0.2) is 4.68 Å². The zero-order valence-electron chi connectivity index (χ0n) is 26.0. The maximum atomic E-state index is 13.9. The van der Waals surface area contributed by atoms with Crippen LogP contribution < -0.4 is 19.7 Å². The second kappa shape index (κ2) is 11.0. The normalized spacial score (nSPS) is 24.6. The molecule has 7 rings (SSSR count). The largest absolute Gasteiger partial charge is 0.477 e. The minimum Gasteiger partial charge on any atom is -0.477 e. The van der Waals surface area contributed by atoms with E-state index in [1.54, 1.807) is 23.0 Å². The number of hydrogen-bond acceptors (Lipinski definition) is 8. The molecule has 1 unspecified atom stereocenters. The first-order chi connectivity index (χ1) is 21.1. The Hall–Kier alpha value is -3.77. The van der Waals surface area contributed by atoms with E-state index in [0.717, 1.165) is 72.9 Å². The maximum Gasteiger partial charge on any atom is 0.280 e. The number of aryl methyl sites for hydroxylation is 2. The van der Waals surface area contributed by atoms with Crippen LogP contribution in [0.3, 0.4) is 0 Å². The number of fused-ring (bicyclic) bond motifs is 7. The number of likely N-dealkylation sites (tertiary alicyclic amines) is 1. The minimum atomic E-state index is -2.53. The number of thiol groups is 1. The predicted octanol–water partition coefficient (Wildman–Crippen LogP) is 4.10. The maximum absolute atomic E-state index is 13.9. The van der Waals surface area contributed by atoms with E-state index in [0.29, 0.717) is 47.4 Å². The summed E-state index contributed by atoms with van der Waals surface area (Å²) in [6.45, 7) is 7.51. The molecule has 44 heavy (non-hydrogen) atoms. The number of aliphatic imine (C=N–C) groups is 1. The van der Waals surface area contributed by atoms with E-state index in [1.807, 2.05) is 26.1 Å². The van der Waals surface area contributed by atoms with E-state index in [9.17, 15) is 9.00 Å². The van der Waals surface area contributed by atoms with Crippen LogP contribution >= 0.6 is 0 Å². The lowest BCUT2D eigenvalue weighted by Crippen LogP contribution is -2.58. The third-order valence-corrected chi connectivity index (χ3v) is 12.0. The highest BCUT2D eigenvalue weighted by Crippen LogP contribution is 2.43. The summed E-state index contributed by atoms with van der Waals surface area (Å²) in [5.74, 6) is 2.53. The summed E-state index contributed by atoms with van der Waals surface area (Å²) in [7, 11) is 1.48. The van der Waals surface area contributed by atoms with Gasteiger partial charge in [-0.1, -0.05) is 6.92 Å². The van der Waals surface area contributed by atoms with Gasteiger partial charge in [-0.15, -0.1) is 0 Å². The van der Waals surface area contributed by atoms with Gasteiger partial charge in [0.15, 0.2) is 0 Å². The van der Waals surface area contributed by atoms with Gasteiger partial charge in [0.2, 0.25) is 11.8 Å².